The number of nitrogens with two attached hydrogens (primary N) is 1. The molecule has 0 aromatic heterocycles. The first-order chi connectivity index (χ1) is 3.18. The van der Waals surface area contributed by atoms with Gasteiger partial charge in [-0.05, 0) is 6.92 Å². The molecule has 0 bridgehead atoms. The zero-order valence-electron chi connectivity index (χ0n) is 4.14. The van der Waals surface area contributed by atoms with Crippen molar-refractivity contribution in [3.63, 3.8) is 0 Å². The summed E-state index contributed by atoms with van der Waals surface area (Å²) in [6.07, 6.45) is 0. The van der Waals surface area contributed by atoms with E-state index < -0.39 is 0 Å². The zero-order chi connectivity index (χ0) is 5.86. The van der Waals surface area contributed by atoms with Crippen LogP contribution in [0.1, 0.15) is 6.92 Å². The van der Waals surface area contributed by atoms with E-state index >= 15 is 0 Å². The van der Waals surface area contributed by atoms with Gasteiger partial charge in [-0.1, -0.05) is 5.82 Å². The molecular formula is C4H8NOP. The average Bonchev–Trinajstić information content (AvgIpc) is 1.65. The molecule has 2 N–H and O–H groups in total. The quantitative estimate of drug-likeness (QED) is 0.388. The second kappa shape index (κ2) is 2.75. The van der Waals surface area contributed by atoms with Crippen LogP contribution in [0.2, 0.25) is 0 Å². The first-order valence-corrected chi connectivity index (χ1v) is 2.53. The molecule has 0 aromatic rings. The normalized spacial score (nSPS) is 11.4. The molecule has 0 spiro atoms. The van der Waals surface area contributed by atoms with E-state index in [0.717, 1.165) is 0 Å². The molecule has 2 nitrogen and oxygen atoms in total. The van der Waals surface area contributed by atoms with Gasteiger partial charge in [0, 0.05) is 5.57 Å². The van der Waals surface area contributed by atoms with Crippen LogP contribution in [0.25, 0.3) is 0 Å². The van der Waals surface area contributed by atoms with Crippen LogP contribution in [0, 0.1) is 0 Å². The maximum atomic E-state index is 10.1. The van der Waals surface area contributed by atoms with E-state index in [4.69, 9.17) is 5.73 Å². The third kappa shape index (κ3) is 2.35. The zero-order valence-corrected chi connectivity index (χ0v) is 5.29. The summed E-state index contributed by atoms with van der Waals surface area (Å²) >= 11 is 0. The van der Waals surface area contributed by atoms with Gasteiger partial charge in [-0.25, -0.2) is 0 Å². The molecule has 40 valence electrons. The van der Waals surface area contributed by atoms with Gasteiger partial charge in [0.15, 0.2) is 0 Å². The van der Waals surface area contributed by atoms with Gasteiger partial charge in [-0.2, -0.15) is 0 Å². The molecule has 0 saturated heterocycles. The number of rotatable bonds is 1. The van der Waals surface area contributed by atoms with Gasteiger partial charge in [-0.3, -0.25) is 4.79 Å². The van der Waals surface area contributed by atoms with Crippen molar-refractivity contribution >= 4 is 15.1 Å². The van der Waals surface area contributed by atoms with E-state index in [1.807, 2.05) is 0 Å². The number of carbonyl (C=O) groups excluding carboxylic acids is 1. The molecule has 0 aliphatic rings. The second-order valence-electron chi connectivity index (χ2n) is 1.21. The van der Waals surface area contributed by atoms with Crippen LogP contribution in [0.15, 0.2) is 11.4 Å². The molecule has 0 fully saturated rings. The number of hydrogen-bond acceptors (Lipinski definition) is 1. The second-order valence-corrected chi connectivity index (χ2v) is 1.55. The Morgan fingerprint density at radius 3 is 2.29 bits per heavy atom. The standard InChI is InChI=1S/C4H8NOP/c1-3(2-7)4(5)6/h2H,7H2,1H3,(H2,5,6). The monoisotopic (exact) mass is 117 g/mol. The molecule has 1 unspecified atom stereocenters. The highest BCUT2D eigenvalue weighted by atomic mass is 31.0. The van der Waals surface area contributed by atoms with E-state index in [1.54, 1.807) is 12.7 Å². The van der Waals surface area contributed by atoms with Gasteiger partial charge >= 0.3 is 0 Å². The Hall–Kier alpha value is -0.360. The minimum Gasteiger partial charge on any atom is -0.366 e. The van der Waals surface area contributed by atoms with Crippen LogP contribution in [0.4, 0.5) is 0 Å². The van der Waals surface area contributed by atoms with Gasteiger partial charge in [-0.15, -0.1) is 9.24 Å². The lowest BCUT2D eigenvalue weighted by Crippen LogP contribution is -2.10. The summed E-state index contributed by atoms with van der Waals surface area (Å²) in [4.78, 5) is 10.1. The molecule has 0 rings (SSSR count). The summed E-state index contributed by atoms with van der Waals surface area (Å²) in [7, 11) is 2.30. The van der Waals surface area contributed by atoms with Crippen LogP contribution in [-0.4, -0.2) is 5.91 Å². The van der Waals surface area contributed by atoms with Crippen molar-refractivity contribution in [2.45, 2.75) is 6.92 Å². The van der Waals surface area contributed by atoms with E-state index in [9.17, 15) is 4.79 Å². The van der Waals surface area contributed by atoms with E-state index in [0.29, 0.717) is 5.57 Å². The minimum absolute atomic E-state index is 0.366. The first kappa shape index (κ1) is 6.64. The third-order valence-electron chi connectivity index (χ3n) is 0.639. The molecular weight excluding hydrogens is 109 g/mol. The molecule has 1 atom stereocenters. The number of primary amides is 1. The van der Waals surface area contributed by atoms with Crippen LogP contribution in [0.5, 0.6) is 0 Å². The van der Waals surface area contributed by atoms with Gasteiger partial charge in [0.1, 0.15) is 0 Å². The Labute approximate surface area is 45.0 Å². The van der Waals surface area contributed by atoms with Crippen molar-refractivity contribution in [2.24, 2.45) is 5.73 Å². The fourth-order valence-electron chi connectivity index (χ4n) is 0.0821. The lowest BCUT2D eigenvalue weighted by molar-refractivity contribution is -0.114. The van der Waals surface area contributed by atoms with Gasteiger partial charge < -0.3 is 5.73 Å². The number of amides is 1. The summed E-state index contributed by atoms with van der Waals surface area (Å²) in [5.41, 5.74) is 5.40. The van der Waals surface area contributed by atoms with Crippen molar-refractivity contribution in [1.29, 1.82) is 0 Å². The SMILES string of the molecule is CC(=CP)C(N)=O. The molecule has 0 aliphatic heterocycles. The Morgan fingerprint density at radius 1 is 1.86 bits per heavy atom. The molecule has 1 amide bonds. The highest BCUT2D eigenvalue weighted by Gasteiger charge is 1.90. The van der Waals surface area contributed by atoms with Crippen LogP contribution in [-0.2, 0) is 4.79 Å². The largest absolute Gasteiger partial charge is 0.366 e. The molecule has 0 aromatic carbocycles. The van der Waals surface area contributed by atoms with Crippen molar-refractivity contribution in [2.75, 3.05) is 0 Å². The fourth-order valence-corrected chi connectivity index (χ4v) is 0.246. The van der Waals surface area contributed by atoms with Gasteiger partial charge in [0.2, 0.25) is 5.91 Å². The molecule has 0 aliphatic carbocycles. The highest BCUT2D eigenvalue weighted by Crippen LogP contribution is 1.93. The minimum atomic E-state index is -0.366. The van der Waals surface area contributed by atoms with E-state index in [-0.39, 0.29) is 5.91 Å². The summed E-state index contributed by atoms with van der Waals surface area (Å²) < 4.78 is 0. The van der Waals surface area contributed by atoms with Crippen LogP contribution < -0.4 is 5.73 Å². The summed E-state index contributed by atoms with van der Waals surface area (Å²) in [6.45, 7) is 1.66. The third-order valence-corrected chi connectivity index (χ3v) is 1.14. The first-order valence-electron chi connectivity index (χ1n) is 1.86. The van der Waals surface area contributed by atoms with Gasteiger partial charge in [0.25, 0.3) is 0 Å². The Morgan fingerprint density at radius 2 is 2.29 bits per heavy atom. The van der Waals surface area contributed by atoms with Crippen LogP contribution in [0.3, 0.4) is 0 Å². The Bertz CT molecular complexity index is 108. The summed E-state index contributed by atoms with van der Waals surface area (Å²) in [6, 6.07) is 0. The number of hydrogen-bond donors (Lipinski definition) is 1. The predicted octanol–water partition coefficient (Wildman–Crippen LogP) is 0.251. The Balaban J connectivity index is 3.82. The predicted molar refractivity (Wildman–Crippen MR) is 32.7 cm³/mol. The summed E-state index contributed by atoms with van der Waals surface area (Å²) in [5, 5.41) is 0. The molecule has 0 heterocycles. The van der Waals surface area contributed by atoms with Crippen molar-refractivity contribution in [1.82, 2.24) is 0 Å². The van der Waals surface area contributed by atoms with E-state index in [2.05, 4.69) is 9.24 Å². The topological polar surface area (TPSA) is 43.1 Å². The van der Waals surface area contributed by atoms with Crippen LogP contribution >= 0.6 is 9.24 Å². The summed E-state index contributed by atoms with van der Waals surface area (Å²) in [5.74, 6) is 1.23. The molecule has 7 heavy (non-hydrogen) atoms. The van der Waals surface area contributed by atoms with Gasteiger partial charge in [0.05, 0.1) is 0 Å². The lowest BCUT2D eigenvalue weighted by Gasteiger charge is -1.85. The number of carbonyl (C=O) groups is 1. The van der Waals surface area contributed by atoms with Crippen molar-refractivity contribution < 1.29 is 4.79 Å². The smallest absolute Gasteiger partial charge is 0.244 e. The van der Waals surface area contributed by atoms with Crippen molar-refractivity contribution in [3.8, 4) is 0 Å². The lowest BCUT2D eigenvalue weighted by atomic mass is 10.3. The van der Waals surface area contributed by atoms with Crippen molar-refractivity contribution in [3.05, 3.63) is 11.4 Å². The Kier molecular flexibility index (Phi) is 2.61. The highest BCUT2D eigenvalue weighted by molar-refractivity contribution is 7.20. The van der Waals surface area contributed by atoms with E-state index in [1.165, 1.54) is 0 Å². The fraction of sp³-hybridized carbons (Fsp3) is 0.250. The molecule has 3 heteroatoms. The maximum absolute atomic E-state index is 10.1. The maximum Gasteiger partial charge on any atom is 0.244 e. The molecule has 0 radical (unpaired) electrons. The average molecular weight is 117 g/mol. The molecule has 0 saturated carbocycles.